The normalized spacial score (nSPS) is 10.2. The predicted molar refractivity (Wildman–Crippen MR) is 131 cm³/mol. The van der Waals surface area contributed by atoms with E-state index in [0.717, 1.165) is 11.3 Å². The zero-order chi connectivity index (χ0) is 23.6. The van der Waals surface area contributed by atoms with E-state index in [-0.39, 0.29) is 24.3 Å². The van der Waals surface area contributed by atoms with Crippen LogP contribution in [0.5, 0.6) is 0 Å². The van der Waals surface area contributed by atoms with Gasteiger partial charge in [0, 0.05) is 43.1 Å². The molecule has 3 aromatic carbocycles. The Hall–Kier alpha value is -4.13. The summed E-state index contributed by atoms with van der Waals surface area (Å²) < 4.78 is 0. The molecular formula is C26H28N4O3. The van der Waals surface area contributed by atoms with Crippen LogP contribution in [0.25, 0.3) is 0 Å². The summed E-state index contributed by atoms with van der Waals surface area (Å²) in [6.45, 7) is 0.0641. The number of rotatable bonds is 9. The van der Waals surface area contributed by atoms with Gasteiger partial charge in [0.05, 0.1) is 6.54 Å². The van der Waals surface area contributed by atoms with Gasteiger partial charge in [-0.2, -0.15) is 0 Å². The van der Waals surface area contributed by atoms with E-state index in [1.165, 1.54) is 4.90 Å². The van der Waals surface area contributed by atoms with E-state index in [2.05, 4.69) is 16.0 Å². The molecule has 0 fully saturated rings. The van der Waals surface area contributed by atoms with Crippen LogP contribution in [0, 0.1) is 0 Å². The summed E-state index contributed by atoms with van der Waals surface area (Å²) >= 11 is 0. The third-order valence-corrected chi connectivity index (χ3v) is 4.90. The quantitative estimate of drug-likeness (QED) is 0.465. The molecule has 7 nitrogen and oxygen atoms in total. The Morgan fingerprint density at radius 3 is 2.09 bits per heavy atom. The Labute approximate surface area is 193 Å². The van der Waals surface area contributed by atoms with Crippen LogP contribution in [0.2, 0.25) is 0 Å². The summed E-state index contributed by atoms with van der Waals surface area (Å²) in [5.74, 6) is -0.409. The molecule has 3 aromatic rings. The molecule has 0 bridgehead atoms. The summed E-state index contributed by atoms with van der Waals surface area (Å²) in [6.07, 6.45) is 1.10. The second-order valence-electron chi connectivity index (χ2n) is 7.79. The molecule has 7 heteroatoms. The molecule has 0 heterocycles. The van der Waals surface area contributed by atoms with Crippen molar-refractivity contribution in [3.63, 3.8) is 0 Å². The Kier molecular flexibility index (Phi) is 8.18. The number of benzene rings is 3. The number of carbonyl (C=O) groups excluding carboxylic acids is 3. The number of carbonyl (C=O) groups is 3. The molecule has 0 radical (unpaired) electrons. The van der Waals surface area contributed by atoms with Crippen molar-refractivity contribution in [2.24, 2.45) is 0 Å². The first kappa shape index (κ1) is 23.5. The molecule has 0 aliphatic rings. The van der Waals surface area contributed by atoms with Crippen molar-refractivity contribution < 1.29 is 14.4 Å². The van der Waals surface area contributed by atoms with Gasteiger partial charge in [-0.15, -0.1) is 0 Å². The lowest BCUT2D eigenvalue weighted by Gasteiger charge is -2.12. The maximum Gasteiger partial charge on any atom is 0.253 e. The third-order valence-electron chi connectivity index (χ3n) is 4.90. The van der Waals surface area contributed by atoms with Crippen LogP contribution in [0.4, 0.5) is 17.1 Å². The van der Waals surface area contributed by atoms with Crippen LogP contribution in [-0.2, 0) is 16.0 Å². The number of anilines is 3. The monoisotopic (exact) mass is 444 g/mol. The molecule has 0 spiro atoms. The molecule has 0 unspecified atom stereocenters. The maximum absolute atomic E-state index is 12.3. The minimum absolute atomic E-state index is 0.0473. The van der Waals surface area contributed by atoms with Gasteiger partial charge in [-0.1, -0.05) is 36.4 Å². The fraction of sp³-hybridized carbons (Fsp3) is 0.192. The van der Waals surface area contributed by atoms with Gasteiger partial charge >= 0.3 is 0 Å². The summed E-state index contributed by atoms with van der Waals surface area (Å²) in [7, 11) is 3.36. The largest absolute Gasteiger partial charge is 0.376 e. The van der Waals surface area contributed by atoms with Gasteiger partial charge in [0.2, 0.25) is 11.8 Å². The first-order chi connectivity index (χ1) is 15.9. The van der Waals surface area contributed by atoms with Crippen molar-refractivity contribution >= 4 is 34.8 Å². The molecule has 3 N–H and O–H groups in total. The van der Waals surface area contributed by atoms with Crippen LogP contribution in [0.1, 0.15) is 22.3 Å². The Morgan fingerprint density at radius 1 is 0.727 bits per heavy atom. The van der Waals surface area contributed by atoms with Crippen LogP contribution < -0.4 is 16.0 Å². The number of hydrogen-bond donors (Lipinski definition) is 3. The highest BCUT2D eigenvalue weighted by molar-refractivity contribution is 5.98. The molecule has 0 saturated heterocycles. The maximum atomic E-state index is 12.3. The van der Waals surface area contributed by atoms with E-state index < -0.39 is 0 Å². The highest BCUT2D eigenvalue weighted by Crippen LogP contribution is 2.15. The van der Waals surface area contributed by atoms with Crippen LogP contribution in [0.15, 0.2) is 78.9 Å². The summed E-state index contributed by atoms with van der Waals surface area (Å²) in [5, 5.41) is 8.71. The van der Waals surface area contributed by atoms with Crippen LogP contribution in [-0.4, -0.2) is 43.3 Å². The Balaban J connectivity index is 1.44. The van der Waals surface area contributed by atoms with E-state index in [0.29, 0.717) is 29.8 Å². The van der Waals surface area contributed by atoms with Gasteiger partial charge in [0.25, 0.3) is 5.91 Å². The molecule has 3 amide bonds. The van der Waals surface area contributed by atoms with Gasteiger partial charge in [-0.3, -0.25) is 14.4 Å². The topological polar surface area (TPSA) is 90.5 Å². The van der Waals surface area contributed by atoms with Gasteiger partial charge in [0.1, 0.15) is 0 Å². The van der Waals surface area contributed by atoms with Crippen molar-refractivity contribution in [1.29, 1.82) is 0 Å². The third kappa shape index (κ3) is 7.50. The summed E-state index contributed by atoms with van der Waals surface area (Å²) in [6, 6.07) is 23.9. The minimum Gasteiger partial charge on any atom is -0.376 e. The lowest BCUT2D eigenvalue weighted by Crippen LogP contribution is -2.23. The van der Waals surface area contributed by atoms with E-state index in [1.54, 1.807) is 62.6 Å². The van der Waals surface area contributed by atoms with E-state index >= 15 is 0 Å². The molecule has 170 valence electrons. The lowest BCUT2D eigenvalue weighted by atomic mass is 10.1. The van der Waals surface area contributed by atoms with Crippen molar-refractivity contribution in [3.8, 4) is 0 Å². The first-order valence-electron chi connectivity index (χ1n) is 10.7. The number of amides is 3. The Bertz CT molecular complexity index is 1100. The molecule has 0 aliphatic carbocycles. The van der Waals surface area contributed by atoms with Crippen LogP contribution in [0.3, 0.4) is 0 Å². The van der Waals surface area contributed by atoms with E-state index in [1.807, 2.05) is 30.3 Å². The molecule has 3 rings (SSSR count). The first-order valence-corrected chi connectivity index (χ1v) is 10.7. The van der Waals surface area contributed by atoms with Gasteiger partial charge in [-0.25, -0.2) is 0 Å². The number of nitrogens with zero attached hydrogens (tertiary/aromatic N) is 1. The van der Waals surface area contributed by atoms with E-state index in [4.69, 9.17) is 0 Å². The molecule has 33 heavy (non-hydrogen) atoms. The summed E-state index contributed by atoms with van der Waals surface area (Å²) in [5.41, 5.74) is 3.64. The highest BCUT2D eigenvalue weighted by atomic mass is 16.2. The molecule has 0 atom stereocenters. The fourth-order valence-corrected chi connectivity index (χ4v) is 3.17. The average molecular weight is 445 g/mol. The second-order valence-corrected chi connectivity index (χ2v) is 7.79. The van der Waals surface area contributed by atoms with Crippen molar-refractivity contribution in [3.05, 3.63) is 90.0 Å². The van der Waals surface area contributed by atoms with Crippen molar-refractivity contribution in [2.45, 2.75) is 12.8 Å². The zero-order valence-corrected chi connectivity index (χ0v) is 18.8. The SMILES string of the molecule is CN(C)C(=O)c1cccc(NC(=O)CNc2ccc(NC(=O)CCc3ccccc3)cc2)c1. The number of nitrogens with one attached hydrogen (secondary N) is 3. The van der Waals surface area contributed by atoms with E-state index in [9.17, 15) is 14.4 Å². The molecular weight excluding hydrogens is 416 g/mol. The van der Waals surface area contributed by atoms with Gasteiger partial charge in [0.15, 0.2) is 0 Å². The predicted octanol–water partition coefficient (Wildman–Crippen LogP) is 4.01. The highest BCUT2D eigenvalue weighted by Gasteiger charge is 2.10. The zero-order valence-electron chi connectivity index (χ0n) is 18.8. The fourth-order valence-electron chi connectivity index (χ4n) is 3.17. The molecule has 0 aliphatic heterocycles. The number of aryl methyl sites for hydroxylation is 1. The number of hydrogen-bond acceptors (Lipinski definition) is 4. The average Bonchev–Trinajstić information content (AvgIpc) is 2.82. The molecule has 0 saturated carbocycles. The summed E-state index contributed by atoms with van der Waals surface area (Å²) in [4.78, 5) is 38.0. The standard InChI is InChI=1S/C26H28N4O3/c1-30(2)26(33)20-9-6-10-23(17-20)29-25(32)18-27-21-12-14-22(15-13-21)28-24(31)16-11-19-7-4-3-5-8-19/h3-10,12-15,17,27H,11,16,18H2,1-2H3,(H,28,31)(H,29,32). The minimum atomic E-state index is -0.234. The van der Waals surface area contributed by atoms with Crippen molar-refractivity contribution in [2.75, 3.05) is 36.6 Å². The van der Waals surface area contributed by atoms with Crippen LogP contribution >= 0.6 is 0 Å². The van der Waals surface area contributed by atoms with Gasteiger partial charge < -0.3 is 20.9 Å². The smallest absolute Gasteiger partial charge is 0.253 e. The lowest BCUT2D eigenvalue weighted by molar-refractivity contribution is -0.116. The van der Waals surface area contributed by atoms with Crippen molar-refractivity contribution in [1.82, 2.24) is 4.90 Å². The Morgan fingerprint density at radius 2 is 1.39 bits per heavy atom. The molecule has 0 aromatic heterocycles. The van der Waals surface area contributed by atoms with Gasteiger partial charge in [-0.05, 0) is 54.4 Å². The second kappa shape index (κ2) is 11.5.